The van der Waals surface area contributed by atoms with Crippen molar-refractivity contribution in [1.29, 1.82) is 5.26 Å². The van der Waals surface area contributed by atoms with Gasteiger partial charge in [0.25, 0.3) is 0 Å². The summed E-state index contributed by atoms with van der Waals surface area (Å²) in [5.41, 5.74) is 4.16. The number of hydrogen-bond acceptors (Lipinski definition) is 8. The molecule has 8 nitrogen and oxygen atoms in total. The summed E-state index contributed by atoms with van der Waals surface area (Å²) < 4.78 is 17.1. The summed E-state index contributed by atoms with van der Waals surface area (Å²) in [6.07, 6.45) is 4.69. The summed E-state index contributed by atoms with van der Waals surface area (Å²) in [6, 6.07) is 11.9. The second-order valence-corrected chi connectivity index (χ2v) is 8.81. The Hall–Kier alpha value is -3.38. The molecule has 34 heavy (non-hydrogen) atoms. The second-order valence-electron chi connectivity index (χ2n) is 8.81. The number of rotatable bonds is 5. The molecule has 8 heteroatoms. The lowest BCUT2D eigenvalue weighted by molar-refractivity contribution is -0.0427. The third-order valence-electron chi connectivity index (χ3n) is 6.83. The van der Waals surface area contributed by atoms with E-state index in [1.807, 2.05) is 43.3 Å². The molecule has 2 unspecified atom stereocenters. The first-order chi connectivity index (χ1) is 16.5. The zero-order valence-corrected chi connectivity index (χ0v) is 19.2. The van der Waals surface area contributed by atoms with E-state index in [0.29, 0.717) is 44.1 Å². The van der Waals surface area contributed by atoms with Crippen molar-refractivity contribution in [1.82, 2.24) is 9.88 Å². The molecule has 5 rings (SSSR count). The van der Waals surface area contributed by atoms with Gasteiger partial charge in [0.1, 0.15) is 18.1 Å². The van der Waals surface area contributed by atoms with E-state index >= 15 is 0 Å². The summed E-state index contributed by atoms with van der Waals surface area (Å²) in [5.74, 6) is -0.271. The van der Waals surface area contributed by atoms with Crippen molar-refractivity contribution in [2.45, 2.75) is 25.7 Å². The van der Waals surface area contributed by atoms with Crippen LogP contribution in [0.3, 0.4) is 0 Å². The molecule has 0 N–H and O–H groups in total. The Morgan fingerprint density at radius 1 is 1.32 bits per heavy atom. The molecule has 3 atom stereocenters. The minimum Gasteiger partial charge on any atom is -0.457 e. The third kappa shape index (κ3) is 3.92. The maximum atomic E-state index is 11.9. The number of benzene rings is 1. The van der Waals surface area contributed by atoms with Gasteiger partial charge in [-0.25, -0.2) is 4.79 Å². The van der Waals surface area contributed by atoms with Crippen LogP contribution < -0.4 is 0 Å². The normalized spacial score (nSPS) is 26.5. The lowest BCUT2D eigenvalue weighted by Gasteiger charge is -2.40. The van der Waals surface area contributed by atoms with Crippen molar-refractivity contribution in [2.24, 2.45) is 10.4 Å². The Morgan fingerprint density at radius 3 is 2.97 bits per heavy atom. The highest BCUT2D eigenvalue weighted by atomic mass is 16.5. The molecule has 1 fully saturated rings. The van der Waals surface area contributed by atoms with Crippen LogP contribution in [0.1, 0.15) is 38.8 Å². The van der Waals surface area contributed by atoms with Gasteiger partial charge < -0.3 is 14.2 Å². The van der Waals surface area contributed by atoms with Gasteiger partial charge in [0.05, 0.1) is 35.7 Å². The first-order valence-electron chi connectivity index (χ1n) is 11.3. The predicted octanol–water partition coefficient (Wildman–Crippen LogP) is 3.08. The number of pyridine rings is 1. The molecule has 0 radical (unpaired) electrons. The molecule has 4 heterocycles. The highest BCUT2D eigenvalue weighted by molar-refractivity contribution is 5.94. The summed E-state index contributed by atoms with van der Waals surface area (Å²) in [4.78, 5) is 23.1. The van der Waals surface area contributed by atoms with E-state index in [9.17, 15) is 10.1 Å². The van der Waals surface area contributed by atoms with Gasteiger partial charge in [-0.1, -0.05) is 12.1 Å². The number of carbonyl (C=O) groups excluding carboxylic acids is 1. The zero-order chi connectivity index (χ0) is 23.7. The number of cyclic esters (lactones) is 1. The van der Waals surface area contributed by atoms with Gasteiger partial charge in [-0.05, 0) is 42.3 Å². The maximum absolute atomic E-state index is 11.9. The topological polar surface area (TPSA) is 97.0 Å². The standard InChI is InChI=1S/C26H26N4O4/c1-17-18(6-7-19-20(17)13-34-25(19)31)23-12-30(9-10-33-23)16-26(14-27)15-29-22(11-24(26)32-2)21-5-3-4-8-28-21/h3-8,11,15,23-24H,9-10,12-13,16H2,1-2H3/t23?,24-,26?/m1/s1. The van der Waals surface area contributed by atoms with Crippen molar-refractivity contribution in [2.75, 3.05) is 33.4 Å². The number of hydrogen-bond donors (Lipinski definition) is 0. The summed E-state index contributed by atoms with van der Waals surface area (Å²) >= 11 is 0. The minimum absolute atomic E-state index is 0.161. The Labute approximate surface area is 198 Å². The maximum Gasteiger partial charge on any atom is 0.338 e. The van der Waals surface area contributed by atoms with Crippen LogP contribution in [-0.2, 0) is 20.8 Å². The number of aromatic nitrogens is 1. The number of carbonyl (C=O) groups is 1. The Bertz CT molecular complexity index is 1200. The number of ether oxygens (including phenoxy) is 3. The number of nitrogens with zero attached hydrogens (tertiary/aromatic N) is 4. The average Bonchev–Trinajstić information content (AvgIpc) is 3.26. The number of esters is 1. The van der Waals surface area contributed by atoms with E-state index < -0.39 is 11.5 Å². The van der Waals surface area contributed by atoms with Crippen molar-refractivity contribution >= 4 is 17.9 Å². The highest BCUT2D eigenvalue weighted by Gasteiger charge is 2.42. The fourth-order valence-electron chi connectivity index (χ4n) is 4.92. The Morgan fingerprint density at radius 2 is 2.21 bits per heavy atom. The van der Waals surface area contributed by atoms with Crippen molar-refractivity contribution in [3.63, 3.8) is 0 Å². The van der Waals surface area contributed by atoms with E-state index in [1.165, 1.54) is 0 Å². The van der Waals surface area contributed by atoms with Crippen LogP contribution in [0.4, 0.5) is 0 Å². The fourth-order valence-corrected chi connectivity index (χ4v) is 4.92. The van der Waals surface area contributed by atoms with Crippen LogP contribution in [0.5, 0.6) is 0 Å². The van der Waals surface area contributed by atoms with Gasteiger partial charge in [0.15, 0.2) is 0 Å². The molecule has 0 amide bonds. The molecule has 174 valence electrons. The third-order valence-corrected chi connectivity index (χ3v) is 6.83. The molecular weight excluding hydrogens is 432 g/mol. The molecule has 1 aromatic heterocycles. The van der Waals surface area contributed by atoms with E-state index in [4.69, 9.17) is 14.2 Å². The van der Waals surface area contributed by atoms with E-state index in [1.54, 1.807) is 19.5 Å². The van der Waals surface area contributed by atoms with Crippen molar-refractivity contribution in [3.8, 4) is 6.07 Å². The number of nitriles is 1. The number of aliphatic imine (C=N–C) groups is 1. The van der Waals surface area contributed by atoms with Gasteiger partial charge in [-0.2, -0.15) is 5.26 Å². The molecule has 0 spiro atoms. The van der Waals surface area contributed by atoms with Crippen LogP contribution in [0.25, 0.3) is 5.70 Å². The molecular formula is C26H26N4O4. The average molecular weight is 459 g/mol. The quantitative estimate of drug-likeness (QED) is 0.635. The molecule has 0 aliphatic carbocycles. The van der Waals surface area contributed by atoms with Crippen molar-refractivity contribution in [3.05, 3.63) is 70.6 Å². The Balaban J connectivity index is 1.36. The second kappa shape index (κ2) is 9.11. The minimum atomic E-state index is -0.928. The molecule has 3 aliphatic rings. The smallest absolute Gasteiger partial charge is 0.338 e. The largest absolute Gasteiger partial charge is 0.457 e. The van der Waals surface area contributed by atoms with Crippen LogP contribution >= 0.6 is 0 Å². The Kier molecular flexibility index (Phi) is 6.00. The first-order valence-corrected chi connectivity index (χ1v) is 11.3. The van der Waals surface area contributed by atoms with Crippen molar-refractivity contribution < 1.29 is 19.0 Å². The van der Waals surface area contributed by atoms with Crippen LogP contribution in [0, 0.1) is 23.7 Å². The zero-order valence-electron chi connectivity index (χ0n) is 19.2. The summed E-state index contributed by atoms with van der Waals surface area (Å²) in [7, 11) is 1.61. The molecule has 2 aromatic rings. The molecule has 1 saturated heterocycles. The van der Waals surface area contributed by atoms with Gasteiger partial charge in [0.2, 0.25) is 0 Å². The monoisotopic (exact) mass is 458 g/mol. The molecule has 0 bridgehead atoms. The molecule has 3 aliphatic heterocycles. The van der Waals surface area contributed by atoms with Gasteiger partial charge in [-0.3, -0.25) is 14.9 Å². The van der Waals surface area contributed by atoms with Crippen LogP contribution in [-0.4, -0.2) is 61.5 Å². The fraction of sp³-hybridized carbons (Fsp3) is 0.385. The van der Waals surface area contributed by atoms with E-state index in [0.717, 1.165) is 22.4 Å². The lowest BCUT2D eigenvalue weighted by Crippen LogP contribution is -2.50. The SMILES string of the molecule is CO[C@@H]1C=C(c2ccccn2)N=CC1(C#N)CN1CCOC(c2ccc3c(c2C)COC3=O)C1. The highest BCUT2D eigenvalue weighted by Crippen LogP contribution is 2.35. The summed E-state index contributed by atoms with van der Waals surface area (Å²) in [6.45, 7) is 4.64. The van der Waals surface area contributed by atoms with E-state index in [2.05, 4.69) is 20.9 Å². The van der Waals surface area contributed by atoms with Crippen LogP contribution in [0.2, 0.25) is 0 Å². The number of methoxy groups -OCH3 is 1. The predicted molar refractivity (Wildman–Crippen MR) is 125 cm³/mol. The van der Waals surface area contributed by atoms with Gasteiger partial charge >= 0.3 is 5.97 Å². The van der Waals surface area contributed by atoms with Gasteiger partial charge in [0, 0.05) is 44.7 Å². The van der Waals surface area contributed by atoms with Gasteiger partial charge in [-0.15, -0.1) is 0 Å². The summed E-state index contributed by atoms with van der Waals surface area (Å²) in [5, 5.41) is 10.2. The number of fused-ring (bicyclic) bond motifs is 1. The first kappa shape index (κ1) is 22.4. The number of morpholine rings is 1. The van der Waals surface area contributed by atoms with E-state index in [-0.39, 0.29) is 12.1 Å². The van der Waals surface area contributed by atoms with Crippen LogP contribution in [0.15, 0.2) is 47.6 Å². The lowest BCUT2D eigenvalue weighted by atomic mass is 9.81. The molecule has 1 aromatic carbocycles. The molecule has 0 saturated carbocycles.